The minimum atomic E-state index is 0.0397. The average molecular weight is 240 g/mol. The highest BCUT2D eigenvalue weighted by molar-refractivity contribution is 5.75. The molecule has 0 atom stereocenters. The standard InChI is InChI=1S/C13H24N2O2/c16-10-9-15(12-7-3-4-8-12)13(17)14-11-5-1-2-6-11/h11-12,16H,1-10H2,(H,14,17). The number of hydrogen-bond donors (Lipinski definition) is 2. The van der Waals surface area contributed by atoms with Crippen molar-refractivity contribution in [1.82, 2.24) is 10.2 Å². The zero-order chi connectivity index (χ0) is 12.1. The number of carbonyl (C=O) groups excluding carboxylic acids is 1. The fraction of sp³-hybridized carbons (Fsp3) is 0.923. The molecule has 0 unspecified atom stereocenters. The molecule has 2 fully saturated rings. The molecule has 0 aromatic carbocycles. The van der Waals surface area contributed by atoms with Crippen LogP contribution < -0.4 is 5.32 Å². The van der Waals surface area contributed by atoms with Crippen LogP contribution in [0.3, 0.4) is 0 Å². The van der Waals surface area contributed by atoms with E-state index >= 15 is 0 Å². The van der Waals surface area contributed by atoms with Gasteiger partial charge in [-0.15, -0.1) is 0 Å². The van der Waals surface area contributed by atoms with E-state index in [1.165, 1.54) is 25.7 Å². The smallest absolute Gasteiger partial charge is 0.317 e. The van der Waals surface area contributed by atoms with Gasteiger partial charge in [-0.1, -0.05) is 25.7 Å². The number of rotatable bonds is 4. The third kappa shape index (κ3) is 3.35. The lowest BCUT2D eigenvalue weighted by Gasteiger charge is -2.29. The number of aliphatic hydroxyl groups excluding tert-OH is 1. The summed E-state index contributed by atoms with van der Waals surface area (Å²) in [7, 11) is 0. The second-order valence-electron chi connectivity index (χ2n) is 5.29. The monoisotopic (exact) mass is 240 g/mol. The summed E-state index contributed by atoms with van der Waals surface area (Å²) in [5, 5.41) is 12.2. The summed E-state index contributed by atoms with van der Waals surface area (Å²) < 4.78 is 0. The van der Waals surface area contributed by atoms with Crippen LogP contribution in [0.5, 0.6) is 0 Å². The number of urea groups is 1. The minimum absolute atomic E-state index is 0.0397. The number of amides is 2. The largest absolute Gasteiger partial charge is 0.395 e. The Morgan fingerprint density at radius 1 is 1.12 bits per heavy atom. The molecule has 4 heteroatoms. The lowest BCUT2D eigenvalue weighted by atomic mass is 10.2. The molecule has 0 aliphatic heterocycles. The van der Waals surface area contributed by atoms with Gasteiger partial charge in [0.25, 0.3) is 0 Å². The Balaban J connectivity index is 1.86. The second-order valence-corrected chi connectivity index (χ2v) is 5.29. The van der Waals surface area contributed by atoms with Gasteiger partial charge in [0.15, 0.2) is 0 Å². The van der Waals surface area contributed by atoms with Crippen molar-refractivity contribution in [3.8, 4) is 0 Å². The maximum absolute atomic E-state index is 12.2. The molecule has 4 nitrogen and oxygen atoms in total. The van der Waals surface area contributed by atoms with Crippen LogP contribution in [0.15, 0.2) is 0 Å². The summed E-state index contributed by atoms with van der Waals surface area (Å²) >= 11 is 0. The average Bonchev–Trinajstić information content (AvgIpc) is 2.97. The van der Waals surface area contributed by atoms with Gasteiger partial charge in [-0.25, -0.2) is 4.79 Å². The first-order valence-electron chi connectivity index (χ1n) is 6.99. The van der Waals surface area contributed by atoms with Crippen molar-refractivity contribution in [2.45, 2.75) is 63.5 Å². The lowest BCUT2D eigenvalue weighted by Crippen LogP contribution is -2.49. The Morgan fingerprint density at radius 2 is 1.71 bits per heavy atom. The van der Waals surface area contributed by atoms with Crippen LogP contribution in [-0.2, 0) is 0 Å². The number of carbonyl (C=O) groups is 1. The molecule has 2 saturated carbocycles. The molecule has 2 rings (SSSR count). The molecule has 2 amide bonds. The van der Waals surface area contributed by atoms with Gasteiger partial charge in [0.2, 0.25) is 0 Å². The van der Waals surface area contributed by atoms with Gasteiger partial charge in [0, 0.05) is 18.6 Å². The van der Waals surface area contributed by atoms with Crippen LogP contribution >= 0.6 is 0 Å². The Hall–Kier alpha value is -0.770. The third-order valence-electron chi connectivity index (χ3n) is 4.05. The molecule has 2 aliphatic carbocycles. The van der Waals surface area contributed by atoms with Crippen molar-refractivity contribution < 1.29 is 9.90 Å². The van der Waals surface area contributed by atoms with Crippen LogP contribution in [0.25, 0.3) is 0 Å². The maximum Gasteiger partial charge on any atom is 0.317 e. The quantitative estimate of drug-likeness (QED) is 0.788. The summed E-state index contributed by atoms with van der Waals surface area (Å²) in [5.74, 6) is 0. The summed E-state index contributed by atoms with van der Waals surface area (Å²) in [5.41, 5.74) is 0. The van der Waals surface area contributed by atoms with Crippen LogP contribution in [0.2, 0.25) is 0 Å². The molecule has 0 heterocycles. The molecule has 0 aromatic rings. The van der Waals surface area contributed by atoms with E-state index in [0.717, 1.165) is 25.7 Å². The Labute approximate surface area is 103 Å². The fourth-order valence-electron chi connectivity index (χ4n) is 3.10. The lowest BCUT2D eigenvalue weighted by molar-refractivity contribution is 0.150. The van der Waals surface area contributed by atoms with Crippen molar-refractivity contribution in [3.63, 3.8) is 0 Å². The first-order chi connectivity index (χ1) is 8.31. The minimum Gasteiger partial charge on any atom is -0.395 e. The van der Waals surface area contributed by atoms with Crippen LogP contribution in [0.4, 0.5) is 4.79 Å². The molecule has 98 valence electrons. The van der Waals surface area contributed by atoms with Gasteiger partial charge in [0.1, 0.15) is 0 Å². The Kier molecular flexibility index (Phi) is 4.66. The van der Waals surface area contributed by atoms with Gasteiger partial charge < -0.3 is 15.3 Å². The van der Waals surface area contributed by atoms with Gasteiger partial charge in [0.05, 0.1) is 6.61 Å². The van der Waals surface area contributed by atoms with E-state index < -0.39 is 0 Å². The first kappa shape index (κ1) is 12.7. The maximum atomic E-state index is 12.2. The summed E-state index contributed by atoms with van der Waals surface area (Å²) in [6.07, 6.45) is 9.30. The normalized spacial score (nSPS) is 21.9. The Morgan fingerprint density at radius 3 is 2.29 bits per heavy atom. The molecule has 17 heavy (non-hydrogen) atoms. The predicted molar refractivity (Wildman–Crippen MR) is 66.8 cm³/mol. The molecule has 2 N–H and O–H groups in total. The molecule has 0 radical (unpaired) electrons. The van der Waals surface area contributed by atoms with Crippen LogP contribution in [0, 0.1) is 0 Å². The number of hydrogen-bond acceptors (Lipinski definition) is 2. The number of aliphatic hydroxyl groups is 1. The van der Waals surface area contributed by atoms with Gasteiger partial charge in [-0.2, -0.15) is 0 Å². The van der Waals surface area contributed by atoms with Crippen molar-refractivity contribution in [3.05, 3.63) is 0 Å². The molecular weight excluding hydrogens is 216 g/mol. The molecule has 0 bridgehead atoms. The van der Waals surface area contributed by atoms with Crippen molar-refractivity contribution >= 4 is 6.03 Å². The van der Waals surface area contributed by atoms with Crippen LogP contribution in [-0.4, -0.2) is 41.3 Å². The molecular formula is C13H24N2O2. The zero-order valence-corrected chi connectivity index (χ0v) is 10.5. The molecule has 0 aromatic heterocycles. The van der Waals surface area contributed by atoms with Gasteiger partial charge in [-0.3, -0.25) is 0 Å². The van der Waals surface area contributed by atoms with E-state index in [-0.39, 0.29) is 12.6 Å². The SMILES string of the molecule is O=C(NC1CCCC1)N(CCO)C1CCCC1. The highest BCUT2D eigenvalue weighted by atomic mass is 16.3. The van der Waals surface area contributed by atoms with E-state index in [4.69, 9.17) is 5.11 Å². The number of nitrogens with zero attached hydrogens (tertiary/aromatic N) is 1. The van der Waals surface area contributed by atoms with E-state index in [1.54, 1.807) is 0 Å². The summed E-state index contributed by atoms with van der Waals surface area (Å²) in [4.78, 5) is 14.0. The second kappa shape index (κ2) is 6.24. The fourth-order valence-corrected chi connectivity index (χ4v) is 3.10. The van der Waals surface area contributed by atoms with Gasteiger partial charge in [-0.05, 0) is 25.7 Å². The van der Waals surface area contributed by atoms with Crippen molar-refractivity contribution in [1.29, 1.82) is 0 Å². The van der Waals surface area contributed by atoms with Crippen molar-refractivity contribution in [2.24, 2.45) is 0 Å². The molecule has 2 aliphatic rings. The summed E-state index contributed by atoms with van der Waals surface area (Å²) in [6, 6.07) is 0.756. The topological polar surface area (TPSA) is 52.6 Å². The van der Waals surface area contributed by atoms with E-state index in [1.807, 2.05) is 4.90 Å². The molecule has 0 spiro atoms. The first-order valence-corrected chi connectivity index (χ1v) is 6.99. The van der Waals surface area contributed by atoms with Gasteiger partial charge >= 0.3 is 6.03 Å². The molecule has 0 saturated heterocycles. The number of nitrogens with one attached hydrogen (secondary N) is 1. The zero-order valence-electron chi connectivity index (χ0n) is 10.5. The Bertz CT molecular complexity index is 246. The van der Waals surface area contributed by atoms with E-state index in [0.29, 0.717) is 18.6 Å². The van der Waals surface area contributed by atoms with Crippen LogP contribution in [0.1, 0.15) is 51.4 Å². The summed E-state index contributed by atoms with van der Waals surface area (Å²) in [6.45, 7) is 0.539. The predicted octanol–water partition coefficient (Wildman–Crippen LogP) is 1.88. The highest BCUT2D eigenvalue weighted by Crippen LogP contribution is 2.24. The van der Waals surface area contributed by atoms with E-state index in [9.17, 15) is 4.79 Å². The van der Waals surface area contributed by atoms with Crippen molar-refractivity contribution in [2.75, 3.05) is 13.2 Å². The highest BCUT2D eigenvalue weighted by Gasteiger charge is 2.28. The third-order valence-corrected chi connectivity index (χ3v) is 4.05. The van der Waals surface area contributed by atoms with E-state index in [2.05, 4.69) is 5.32 Å².